The van der Waals surface area contributed by atoms with Crippen molar-refractivity contribution in [2.45, 2.75) is 23.1 Å². The van der Waals surface area contributed by atoms with Crippen molar-refractivity contribution in [3.63, 3.8) is 0 Å². The third-order valence-corrected chi connectivity index (χ3v) is 7.47. The first-order chi connectivity index (χ1) is 16.1. The fourth-order valence-electron chi connectivity index (χ4n) is 3.93. The van der Waals surface area contributed by atoms with Crippen LogP contribution in [0.5, 0.6) is 0 Å². The first kappa shape index (κ1) is 23.5. The van der Waals surface area contributed by atoms with E-state index in [1.54, 1.807) is 19.1 Å². The van der Waals surface area contributed by atoms with Gasteiger partial charge in [-0.05, 0) is 76.3 Å². The molecule has 34 heavy (non-hydrogen) atoms. The number of carbonyl (C=O) groups is 1. The second-order valence-electron chi connectivity index (χ2n) is 7.76. The molecule has 8 heteroatoms. The van der Waals surface area contributed by atoms with E-state index in [0.717, 1.165) is 12.1 Å². The van der Waals surface area contributed by atoms with Crippen LogP contribution in [0.2, 0.25) is 0 Å². The average Bonchev–Trinajstić information content (AvgIpc) is 2.79. The molecule has 0 bridgehead atoms. The summed E-state index contributed by atoms with van der Waals surface area (Å²) in [6.45, 7) is 1.79. The highest BCUT2D eigenvalue weighted by molar-refractivity contribution is 7.91. The molecule has 0 heterocycles. The van der Waals surface area contributed by atoms with Crippen LogP contribution in [0, 0.1) is 24.4 Å². The number of hydrogen-bond acceptors (Lipinski definition) is 4. The Labute approximate surface area is 194 Å². The molecule has 0 aromatic heterocycles. The van der Waals surface area contributed by atoms with Crippen molar-refractivity contribution in [3.8, 4) is 11.1 Å². The summed E-state index contributed by atoms with van der Waals surface area (Å²) in [5, 5.41) is 1.29. The third-order valence-electron chi connectivity index (χ3n) is 5.67. The van der Waals surface area contributed by atoms with Crippen LogP contribution in [0.3, 0.4) is 0 Å². The lowest BCUT2D eigenvalue weighted by molar-refractivity contribution is -0.139. The van der Waals surface area contributed by atoms with E-state index in [4.69, 9.17) is 4.74 Å². The zero-order valence-corrected chi connectivity index (χ0v) is 19.0. The van der Waals surface area contributed by atoms with Crippen molar-refractivity contribution in [2.24, 2.45) is 0 Å². The number of halogens is 3. The van der Waals surface area contributed by atoms with Crippen molar-refractivity contribution in [2.75, 3.05) is 7.11 Å². The standard InChI is InChI=1S/C26H19F3O4S/c1-15-18(12-25(30)33-2)11-17-3-6-19(27)13-22(17)26(15)16-4-8-21(9-5-16)34(31,32)24-10-7-20(28)14-23(24)29/h3-11,13-14H,12H2,1-2H3. The molecule has 0 aliphatic rings. The number of benzene rings is 4. The van der Waals surface area contributed by atoms with Gasteiger partial charge in [0.1, 0.15) is 22.3 Å². The van der Waals surface area contributed by atoms with Crippen LogP contribution in [0.15, 0.2) is 76.5 Å². The van der Waals surface area contributed by atoms with E-state index >= 15 is 0 Å². The number of rotatable bonds is 5. The molecule has 4 aromatic carbocycles. The molecule has 174 valence electrons. The molecule has 0 saturated heterocycles. The smallest absolute Gasteiger partial charge is 0.309 e. The van der Waals surface area contributed by atoms with Gasteiger partial charge >= 0.3 is 5.97 Å². The Balaban J connectivity index is 1.86. The van der Waals surface area contributed by atoms with Gasteiger partial charge in [-0.15, -0.1) is 0 Å². The Kier molecular flexibility index (Phi) is 6.18. The van der Waals surface area contributed by atoms with Gasteiger partial charge in [0, 0.05) is 6.07 Å². The second-order valence-corrected chi connectivity index (χ2v) is 9.67. The molecule has 0 aliphatic heterocycles. The highest BCUT2D eigenvalue weighted by Crippen LogP contribution is 2.36. The van der Waals surface area contributed by atoms with Gasteiger partial charge in [-0.1, -0.05) is 24.3 Å². The average molecular weight is 484 g/mol. The molecular formula is C26H19F3O4S. The summed E-state index contributed by atoms with van der Waals surface area (Å²) in [5.41, 5.74) is 2.61. The highest BCUT2D eigenvalue weighted by atomic mass is 32.2. The van der Waals surface area contributed by atoms with Crippen LogP contribution in [0.25, 0.3) is 21.9 Å². The normalized spacial score (nSPS) is 11.6. The van der Waals surface area contributed by atoms with Crippen LogP contribution < -0.4 is 0 Å². The van der Waals surface area contributed by atoms with Gasteiger partial charge in [-0.2, -0.15) is 0 Å². The maximum atomic E-state index is 14.1. The summed E-state index contributed by atoms with van der Waals surface area (Å²) in [7, 11) is -2.95. The van der Waals surface area contributed by atoms with E-state index in [1.807, 2.05) is 0 Å². The van der Waals surface area contributed by atoms with Gasteiger partial charge in [0.15, 0.2) is 0 Å². The second kappa shape index (κ2) is 8.95. The zero-order valence-electron chi connectivity index (χ0n) is 18.2. The third kappa shape index (κ3) is 4.28. The summed E-state index contributed by atoms with van der Waals surface area (Å²) >= 11 is 0. The minimum absolute atomic E-state index is 0.0129. The van der Waals surface area contributed by atoms with E-state index in [2.05, 4.69) is 0 Å². The van der Waals surface area contributed by atoms with Gasteiger partial charge in [0.05, 0.1) is 18.4 Å². The van der Waals surface area contributed by atoms with Crippen molar-refractivity contribution < 1.29 is 31.1 Å². The Morgan fingerprint density at radius 2 is 1.53 bits per heavy atom. The maximum absolute atomic E-state index is 14.1. The number of methoxy groups -OCH3 is 1. The molecule has 0 atom stereocenters. The van der Waals surface area contributed by atoms with E-state index in [0.29, 0.717) is 39.1 Å². The summed E-state index contributed by atoms with van der Waals surface area (Å²) in [5.74, 6) is -2.94. The first-order valence-electron chi connectivity index (χ1n) is 10.2. The molecule has 0 amide bonds. The van der Waals surface area contributed by atoms with Crippen molar-refractivity contribution in [1.29, 1.82) is 0 Å². The van der Waals surface area contributed by atoms with Crippen LogP contribution in [-0.2, 0) is 25.8 Å². The van der Waals surface area contributed by atoms with Crippen LogP contribution in [-0.4, -0.2) is 21.5 Å². The number of carbonyl (C=O) groups excluding carboxylic acids is 1. The summed E-state index contributed by atoms with van der Waals surface area (Å²) in [6, 6.07) is 14.0. The lowest BCUT2D eigenvalue weighted by atomic mass is 9.89. The Morgan fingerprint density at radius 1 is 0.882 bits per heavy atom. The SMILES string of the molecule is COC(=O)Cc1cc2ccc(F)cc2c(-c2ccc(S(=O)(=O)c3ccc(F)cc3F)cc2)c1C. The molecule has 0 radical (unpaired) electrons. The molecular weight excluding hydrogens is 465 g/mol. The van der Waals surface area contributed by atoms with Gasteiger partial charge in [-0.25, -0.2) is 21.6 Å². The van der Waals surface area contributed by atoms with Gasteiger partial charge in [0.2, 0.25) is 9.84 Å². The quantitative estimate of drug-likeness (QED) is 0.266. The molecule has 0 N–H and O–H groups in total. The molecule has 0 unspecified atom stereocenters. The summed E-state index contributed by atoms with van der Waals surface area (Å²) in [6.07, 6.45) is 0.0129. The molecule has 4 aromatic rings. The van der Waals surface area contributed by atoms with Gasteiger partial charge in [-0.3, -0.25) is 4.79 Å². The van der Waals surface area contributed by atoms with Gasteiger partial charge < -0.3 is 4.74 Å². The number of hydrogen-bond donors (Lipinski definition) is 0. The highest BCUT2D eigenvalue weighted by Gasteiger charge is 2.23. The Bertz CT molecular complexity index is 1530. The Morgan fingerprint density at radius 3 is 2.18 bits per heavy atom. The minimum atomic E-state index is -4.24. The zero-order chi connectivity index (χ0) is 24.6. The van der Waals surface area contributed by atoms with Gasteiger partial charge in [0.25, 0.3) is 0 Å². The van der Waals surface area contributed by atoms with E-state index < -0.39 is 38.2 Å². The topological polar surface area (TPSA) is 60.4 Å². The van der Waals surface area contributed by atoms with E-state index in [1.165, 1.54) is 43.5 Å². The lowest BCUT2D eigenvalue weighted by Gasteiger charge is -2.16. The maximum Gasteiger partial charge on any atom is 0.309 e. The monoisotopic (exact) mass is 484 g/mol. The van der Waals surface area contributed by atoms with Crippen molar-refractivity contribution >= 4 is 26.6 Å². The fourth-order valence-corrected chi connectivity index (χ4v) is 5.24. The number of ether oxygens (including phenoxy) is 1. The minimum Gasteiger partial charge on any atom is -0.469 e. The molecule has 0 fully saturated rings. The van der Waals surface area contributed by atoms with Crippen molar-refractivity contribution in [3.05, 3.63) is 95.3 Å². The number of fused-ring (bicyclic) bond motifs is 1. The lowest BCUT2D eigenvalue weighted by Crippen LogP contribution is -2.07. The van der Waals surface area contributed by atoms with Crippen LogP contribution in [0.1, 0.15) is 11.1 Å². The molecule has 0 spiro atoms. The number of esters is 1. The fraction of sp³-hybridized carbons (Fsp3) is 0.115. The predicted octanol–water partition coefficient (Wildman–Crippen LogP) is 5.78. The molecule has 0 saturated carbocycles. The van der Waals surface area contributed by atoms with Crippen molar-refractivity contribution in [1.82, 2.24) is 0 Å². The largest absolute Gasteiger partial charge is 0.469 e. The number of sulfone groups is 1. The molecule has 4 rings (SSSR count). The van der Waals surface area contributed by atoms with Crippen LogP contribution >= 0.6 is 0 Å². The van der Waals surface area contributed by atoms with Crippen LogP contribution in [0.4, 0.5) is 13.2 Å². The molecule has 0 aliphatic carbocycles. The molecule has 4 nitrogen and oxygen atoms in total. The predicted molar refractivity (Wildman–Crippen MR) is 122 cm³/mol. The summed E-state index contributed by atoms with van der Waals surface area (Å²) < 4.78 is 72.0. The Hall–Kier alpha value is -3.65. The van der Waals surface area contributed by atoms with E-state index in [-0.39, 0.29) is 11.3 Å². The van der Waals surface area contributed by atoms with E-state index in [9.17, 15) is 26.4 Å². The summed E-state index contributed by atoms with van der Waals surface area (Å²) in [4.78, 5) is 11.1. The first-order valence-corrected chi connectivity index (χ1v) is 11.7.